The summed E-state index contributed by atoms with van der Waals surface area (Å²) in [7, 11) is -3.54. The lowest BCUT2D eigenvalue weighted by Gasteiger charge is -2.30. The third-order valence-corrected chi connectivity index (χ3v) is 7.24. The molecule has 8 nitrogen and oxygen atoms in total. The average molecular weight is 423 g/mol. The van der Waals surface area contributed by atoms with E-state index in [4.69, 9.17) is 0 Å². The van der Waals surface area contributed by atoms with Crippen molar-refractivity contribution >= 4 is 38.3 Å². The SMILES string of the molecule is Cc1cnc(NC(=O)CNC(=O)C2CCN(S(=O)(=O)c3ccccc3)CC2)s1. The topological polar surface area (TPSA) is 108 Å². The fourth-order valence-corrected chi connectivity index (χ4v) is 5.16. The van der Waals surface area contributed by atoms with Gasteiger partial charge in [-0.05, 0) is 31.9 Å². The van der Waals surface area contributed by atoms with Gasteiger partial charge in [0.2, 0.25) is 21.8 Å². The van der Waals surface area contributed by atoms with E-state index in [2.05, 4.69) is 15.6 Å². The van der Waals surface area contributed by atoms with Crippen molar-refractivity contribution in [2.45, 2.75) is 24.7 Å². The number of hydrogen-bond donors (Lipinski definition) is 2. The van der Waals surface area contributed by atoms with Gasteiger partial charge in [0.05, 0.1) is 11.4 Å². The molecule has 0 bridgehead atoms. The number of aromatic nitrogens is 1. The summed E-state index contributed by atoms with van der Waals surface area (Å²) in [6.07, 6.45) is 2.51. The molecule has 3 rings (SSSR count). The first kappa shape index (κ1) is 20.4. The zero-order valence-corrected chi connectivity index (χ0v) is 17.1. The third-order valence-electron chi connectivity index (χ3n) is 4.50. The summed E-state index contributed by atoms with van der Waals surface area (Å²) >= 11 is 1.36. The van der Waals surface area contributed by atoms with Crippen LogP contribution in [0.1, 0.15) is 17.7 Å². The Labute approximate surface area is 168 Å². The minimum atomic E-state index is -3.54. The van der Waals surface area contributed by atoms with Crippen LogP contribution in [0.3, 0.4) is 0 Å². The molecule has 0 radical (unpaired) electrons. The number of carbonyl (C=O) groups excluding carboxylic acids is 2. The number of rotatable bonds is 6. The first-order chi connectivity index (χ1) is 13.4. The summed E-state index contributed by atoms with van der Waals surface area (Å²) in [5, 5.41) is 5.75. The quantitative estimate of drug-likeness (QED) is 0.735. The number of anilines is 1. The second-order valence-electron chi connectivity index (χ2n) is 6.53. The van der Waals surface area contributed by atoms with Crippen molar-refractivity contribution in [1.29, 1.82) is 0 Å². The molecule has 1 aromatic heterocycles. The number of thiazole rings is 1. The highest BCUT2D eigenvalue weighted by Crippen LogP contribution is 2.23. The van der Waals surface area contributed by atoms with Crippen LogP contribution >= 0.6 is 11.3 Å². The lowest BCUT2D eigenvalue weighted by Crippen LogP contribution is -2.44. The number of sulfonamides is 1. The minimum absolute atomic E-state index is 0.139. The third kappa shape index (κ3) is 4.94. The maximum Gasteiger partial charge on any atom is 0.245 e. The summed E-state index contributed by atoms with van der Waals surface area (Å²) in [5.41, 5.74) is 0. The standard InChI is InChI=1S/C18H22N4O4S2/c1-13-11-20-18(27-13)21-16(23)12-19-17(24)14-7-9-22(10-8-14)28(25,26)15-5-3-2-4-6-15/h2-6,11,14H,7-10,12H2,1H3,(H,19,24)(H,20,21,23). The van der Waals surface area contributed by atoms with E-state index in [-0.39, 0.29) is 42.3 Å². The van der Waals surface area contributed by atoms with Gasteiger partial charge in [0.1, 0.15) is 0 Å². The Bertz CT molecular complexity index is 936. The monoisotopic (exact) mass is 422 g/mol. The van der Waals surface area contributed by atoms with E-state index in [1.807, 2.05) is 6.92 Å². The van der Waals surface area contributed by atoms with Gasteiger partial charge in [-0.15, -0.1) is 11.3 Å². The highest BCUT2D eigenvalue weighted by atomic mass is 32.2. The summed E-state index contributed by atoms with van der Waals surface area (Å²) < 4.78 is 26.6. The van der Waals surface area contributed by atoms with Crippen LogP contribution in [0.15, 0.2) is 41.4 Å². The predicted octanol–water partition coefficient (Wildman–Crippen LogP) is 1.61. The molecule has 10 heteroatoms. The number of hydrogen-bond acceptors (Lipinski definition) is 6. The molecule has 0 saturated carbocycles. The van der Waals surface area contributed by atoms with Crippen molar-refractivity contribution in [3.63, 3.8) is 0 Å². The number of aryl methyl sites for hydroxylation is 1. The van der Waals surface area contributed by atoms with Gasteiger partial charge in [0.25, 0.3) is 0 Å². The normalized spacial score (nSPS) is 15.9. The van der Waals surface area contributed by atoms with Gasteiger partial charge in [-0.25, -0.2) is 13.4 Å². The van der Waals surface area contributed by atoms with Crippen LogP contribution in [0.4, 0.5) is 5.13 Å². The maximum atomic E-state index is 12.6. The number of nitrogens with zero attached hydrogens (tertiary/aromatic N) is 2. The van der Waals surface area contributed by atoms with E-state index in [9.17, 15) is 18.0 Å². The van der Waals surface area contributed by atoms with Crippen LogP contribution in [-0.4, -0.2) is 49.2 Å². The Kier molecular flexibility index (Phi) is 6.42. The Hall–Kier alpha value is -2.30. The van der Waals surface area contributed by atoms with E-state index in [1.165, 1.54) is 15.6 Å². The Morgan fingerprint density at radius 3 is 2.50 bits per heavy atom. The molecule has 0 aliphatic carbocycles. The van der Waals surface area contributed by atoms with E-state index < -0.39 is 10.0 Å². The van der Waals surface area contributed by atoms with Crippen LogP contribution < -0.4 is 10.6 Å². The van der Waals surface area contributed by atoms with Gasteiger partial charge in [-0.2, -0.15) is 4.31 Å². The fraction of sp³-hybridized carbons (Fsp3) is 0.389. The van der Waals surface area contributed by atoms with Gasteiger partial charge < -0.3 is 10.6 Å². The van der Waals surface area contributed by atoms with E-state index in [1.54, 1.807) is 36.5 Å². The number of benzene rings is 1. The summed E-state index contributed by atoms with van der Waals surface area (Å²) in [4.78, 5) is 29.5. The molecule has 0 unspecified atom stereocenters. The highest BCUT2D eigenvalue weighted by Gasteiger charge is 2.32. The van der Waals surface area contributed by atoms with E-state index in [0.29, 0.717) is 18.0 Å². The molecule has 1 fully saturated rings. The predicted molar refractivity (Wildman–Crippen MR) is 106 cm³/mol. The molecule has 2 heterocycles. The first-order valence-electron chi connectivity index (χ1n) is 8.91. The molecule has 150 valence electrons. The zero-order valence-electron chi connectivity index (χ0n) is 15.4. The lowest BCUT2D eigenvalue weighted by molar-refractivity contribution is -0.128. The smallest absolute Gasteiger partial charge is 0.245 e. The summed E-state index contributed by atoms with van der Waals surface area (Å²) in [5.74, 6) is -0.883. The number of amides is 2. The van der Waals surface area contributed by atoms with Gasteiger partial charge >= 0.3 is 0 Å². The molecule has 1 aromatic carbocycles. The Morgan fingerprint density at radius 1 is 1.21 bits per heavy atom. The largest absolute Gasteiger partial charge is 0.347 e. The Balaban J connectivity index is 1.46. The lowest BCUT2D eigenvalue weighted by atomic mass is 9.97. The maximum absolute atomic E-state index is 12.6. The molecular weight excluding hydrogens is 400 g/mol. The van der Waals surface area contributed by atoms with Crippen molar-refractivity contribution in [1.82, 2.24) is 14.6 Å². The van der Waals surface area contributed by atoms with E-state index in [0.717, 1.165) is 4.88 Å². The number of piperidine rings is 1. The first-order valence-corrected chi connectivity index (χ1v) is 11.2. The molecule has 1 aliphatic rings. The summed E-state index contributed by atoms with van der Waals surface area (Å²) in [6, 6.07) is 8.27. The van der Waals surface area contributed by atoms with Crippen LogP contribution in [0.5, 0.6) is 0 Å². The highest BCUT2D eigenvalue weighted by molar-refractivity contribution is 7.89. The molecule has 2 amide bonds. The second kappa shape index (κ2) is 8.80. The Morgan fingerprint density at radius 2 is 1.89 bits per heavy atom. The van der Waals surface area contributed by atoms with Crippen molar-refractivity contribution in [2.75, 3.05) is 25.0 Å². The number of nitrogens with one attached hydrogen (secondary N) is 2. The molecular formula is C18H22N4O4S2. The average Bonchev–Trinajstić information content (AvgIpc) is 3.11. The van der Waals surface area contributed by atoms with Crippen LogP contribution in [0, 0.1) is 12.8 Å². The summed E-state index contributed by atoms with van der Waals surface area (Å²) in [6.45, 7) is 2.30. The van der Waals surface area contributed by atoms with Crippen LogP contribution in [0.2, 0.25) is 0 Å². The fourth-order valence-electron chi connectivity index (χ4n) is 2.99. The molecule has 1 aliphatic heterocycles. The van der Waals surface area contributed by atoms with Crippen molar-refractivity contribution in [3.8, 4) is 0 Å². The van der Waals surface area contributed by atoms with Crippen molar-refractivity contribution in [3.05, 3.63) is 41.4 Å². The van der Waals surface area contributed by atoms with Crippen LogP contribution in [0.25, 0.3) is 0 Å². The molecule has 28 heavy (non-hydrogen) atoms. The molecule has 0 atom stereocenters. The molecule has 1 saturated heterocycles. The van der Waals surface area contributed by atoms with Crippen molar-refractivity contribution < 1.29 is 18.0 Å². The zero-order chi connectivity index (χ0) is 20.1. The number of carbonyl (C=O) groups is 2. The van der Waals surface area contributed by atoms with E-state index >= 15 is 0 Å². The minimum Gasteiger partial charge on any atom is -0.347 e. The van der Waals surface area contributed by atoms with Gasteiger partial charge in [-0.1, -0.05) is 18.2 Å². The van der Waals surface area contributed by atoms with Gasteiger partial charge in [-0.3, -0.25) is 9.59 Å². The van der Waals surface area contributed by atoms with Crippen LogP contribution in [-0.2, 0) is 19.6 Å². The molecule has 0 spiro atoms. The molecule has 2 N–H and O–H groups in total. The van der Waals surface area contributed by atoms with Gasteiger partial charge in [0.15, 0.2) is 5.13 Å². The molecule has 2 aromatic rings. The second-order valence-corrected chi connectivity index (χ2v) is 9.71. The van der Waals surface area contributed by atoms with Gasteiger partial charge in [0, 0.05) is 30.1 Å². The van der Waals surface area contributed by atoms with Crippen molar-refractivity contribution in [2.24, 2.45) is 5.92 Å².